The number of amides is 1. The van der Waals surface area contributed by atoms with Gasteiger partial charge in [-0.2, -0.15) is 0 Å². The maximum atomic E-state index is 13.5. The molecule has 0 bridgehead atoms. The maximum absolute atomic E-state index is 13.5. The van der Waals surface area contributed by atoms with Crippen LogP contribution in [0.25, 0.3) is 10.9 Å². The Labute approximate surface area is 120 Å². The molecule has 6 heteroatoms. The highest BCUT2D eigenvalue weighted by Crippen LogP contribution is 2.28. The molecular formula is C15H13FN4O. The molecule has 0 fully saturated rings. The first-order valence-electron chi connectivity index (χ1n) is 6.78. The number of H-pyrrole nitrogens is 1. The topological polar surface area (TPSA) is 53.9 Å². The zero-order valence-electron chi connectivity index (χ0n) is 11.2. The van der Waals surface area contributed by atoms with Crippen LogP contribution in [0.15, 0.2) is 36.9 Å². The van der Waals surface area contributed by atoms with E-state index >= 15 is 0 Å². The van der Waals surface area contributed by atoms with Gasteiger partial charge in [0.1, 0.15) is 12.1 Å². The molecule has 2 aromatic heterocycles. The van der Waals surface area contributed by atoms with Crippen molar-refractivity contribution in [1.82, 2.24) is 19.4 Å². The largest absolute Gasteiger partial charge is 0.358 e. The van der Waals surface area contributed by atoms with Gasteiger partial charge in [-0.1, -0.05) is 0 Å². The lowest BCUT2D eigenvalue weighted by molar-refractivity contribution is 0.194. The molecule has 0 unspecified atom stereocenters. The number of rotatable bonds is 0. The van der Waals surface area contributed by atoms with Crippen LogP contribution in [-0.2, 0) is 13.0 Å². The molecule has 3 heterocycles. The Balaban J connectivity index is 1.72. The summed E-state index contributed by atoms with van der Waals surface area (Å²) in [5, 5.41) is 0.855. The Kier molecular flexibility index (Phi) is 2.57. The molecule has 1 amide bonds. The third kappa shape index (κ3) is 1.91. The number of halogens is 1. The Morgan fingerprint density at radius 3 is 3.10 bits per heavy atom. The summed E-state index contributed by atoms with van der Waals surface area (Å²) in [6.07, 6.45) is 5.44. The van der Waals surface area contributed by atoms with Gasteiger partial charge >= 0.3 is 6.03 Å². The van der Waals surface area contributed by atoms with Crippen LogP contribution < -0.4 is 0 Å². The van der Waals surface area contributed by atoms with Crippen molar-refractivity contribution in [1.29, 1.82) is 0 Å². The fourth-order valence-electron chi connectivity index (χ4n) is 2.89. The Morgan fingerprint density at radius 2 is 2.29 bits per heavy atom. The number of hydrogen-bond acceptors (Lipinski definition) is 2. The highest BCUT2D eigenvalue weighted by molar-refractivity contribution is 5.86. The summed E-state index contributed by atoms with van der Waals surface area (Å²) in [5.41, 5.74) is 3.01. The normalized spacial score (nSPS) is 14.4. The minimum Gasteiger partial charge on any atom is -0.358 e. The van der Waals surface area contributed by atoms with E-state index in [1.54, 1.807) is 23.4 Å². The molecule has 0 saturated carbocycles. The van der Waals surface area contributed by atoms with Crippen LogP contribution in [0.1, 0.15) is 11.3 Å². The number of benzene rings is 1. The van der Waals surface area contributed by atoms with Crippen molar-refractivity contribution in [2.75, 3.05) is 6.54 Å². The molecular weight excluding hydrogens is 271 g/mol. The minimum absolute atomic E-state index is 0.107. The van der Waals surface area contributed by atoms with Crippen LogP contribution in [-0.4, -0.2) is 32.0 Å². The van der Waals surface area contributed by atoms with Gasteiger partial charge in [-0.3, -0.25) is 4.57 Å². The lowest BCUT2D eigenvalue weighted by atomic mass is 10.0. The zero-order valence-corrected chi connectivity index (χ0v) is 11.2. The summed E-state index contributed by atoms with van der Waals surface area (Å²) in [7, 11) is 0. The van der Waals surface area contributed by atoms with Crippen molar-refractivity contribution in [2.24, 2.45) is 0 Å². The number of imidazole rings is 1. The highest BCUT2D eigenvalue weighted by Gasteiger charge is 2.24. The van der Waals surface area contributed by atoms with E-state index in [4.69, 9.17) is 0 Å². The molecule has 1 aliphatic rings. The van der Waals surface area contributed by atoms with Crippen LogP contribution in [0.4, 0.5) is 9.18 Å². The quantitative estimate of drug-likeness (QED) is 0.689. The Hall–Kier alpha value is -2.63. The molecule has 0 spiro atoms. The third-order valence-corrected chi connectivity index (χ3v) is 3.93. The molecule has 21 heavy (non-hydrogen) atoms. The highest BCUT2D eigenvalue weighted by atomic mass is 19.1. The van der Waals surface area contributed by atoms with Gasteiger partial charge in [-0.05, 0) is 18.2 Å². The summed E-state index contributed by atoms with van der Waals surface area (Å²) in [6.45, 7) is 1.12. The minimum atomic E-state index is -0.262. The lowest BCUT2D eigenvalue weighted by Gasteiger charge is -2.27. The van der Waals surface area contributed by atoms with E-state index in [9.17, 15) is 9.18 Å². The van der Waals surface area contributed by atoms with Gasteiger partial charge in [0.25, 0.3) is 0 Å². The summed E-state index contributed by atoms with van der Waals surface area (Å²) in [6, 6.07) is 4.60. The number of nitrogens with one attached hydrogen (secondary N) is 1. The van der Waals surface area contributed by atoms with E-state index in [0.29, 0.717) is 13.1 Å². The number of nitrogens with zero attached hydrogens (tertiary/aromatic N) is 3. The molecule has 4 rings (SSSR count). The number of hydrogen-bond donors (Lipinski definition) is 1. The van der Waals surface area contributed by atoms with Gasteiger partial charge in [0.15, 0.2) is 0 Å². The summed E-state index contributed by atoms with van der Waals surface area (Å²) in [4.78, 5) is 21.3. The molecule has 1 aromatic carbocycles. The average Bonchev–Trinajstić information content (AvgIpc) is 3.13. The van der Waals surface area contributed by atoms with Gasteiger partial charge < -0.3 is 9.88 Å². The number of aromatic nitrogens is 3. The van der Waals surface area contributed by atoms with E-state index in [-0.39, 0.29) is 11.8 Å². The summed E-state index contributed by atoms with van der Waals surface area (Å²) in [5.74, 6) is -0.262. The second kappa shape index (κ2) is 4.44. The van der Waals surface area contributed by atoms with Gasteiger partial charge in [-0.15, -0.1) is 0 Å². The van der Waals surface area contributed by atoms with Crippen LogP contribution in [0, 0.1) is 5.82 Å². The van der Waals surface area contributed by atoms with Crippen LogP contribution in [0.2, 0.25) is 0 Å². The molecule has 1 aliphatic heterocycles. The SMILES string of the molecule is O=C(N1CCc2[nH]c3ccc(F)cc3c2C1)n1ccnc1. The molecule has 5 nitrogen and oxygen atoms in total. The van der Waals surface area contributed by atoms with Gasteiger partial charge in [0.05, 0.1) is 0 Å². The van der Waals surface area contributed by atoms with Gasteiger partial charge in [0, 0.05) is 54.1 Å². The fraction of sp³-hybridized carbons (Fsp3) is 0.200. The summed E-state index contributed by atoms with van der Waals surface area (Å²) < 4.78 is 14.9. The predicted molar refractivity (Wildman–Crippen MR) is 75.4 cm³/mol. The Morgan fingerprint density at radius 1 is 1.38 bits per heavy atom. The maximum Gasteiger partial charge on any atom is 0.329 e. The second-order valence-electron chi connectivity index (χ2n) is 5.20. The third-order valence-electron chi connectivity index (χ3n) is 3.93. The van der Waals surface area contributed by atoms with E-state index in [2.05, 4.69) is 9.97 Å². The van der Waals surface area contributed by atoms with E-state index in [1.807, 2.05) is 0 Å². The van der Waals surface area contributed by atoms with Crippen molar-refractivity contribution in [3.8, 4) is 0 Å². The van der Waals surface area contributed by atoms with Crippen LogP contribution >= 0.6 is 0 Å². The van der Waals surface area contributed by atoms with Crippen LogP contribution in [0.5, 0.6) is 0 Å². The van der Waals surface area contributed by atoms with Crippen LogP contribution in [0.3, 0.4) is 0 Å². The first-order chi connectivity index (χ1) is 10.2. The fourth-order valence-corrected chi connectivity index (χ4v) is 2.89. The van der Waals surface area contributed by atoms with Crippen molar-refractivity contribution in [3.63, 3.8) is 0 Å². The van der Waals surface area contributed by atoms with E-state index < -0.39 is 0 Å². The lowest BCUT2D eigenvalue weighted by Crippen LogP contribution is -2.38. The molecule has 0 atom stereocenters. The smallest absolute Gasteiger partial charge is 0.329 e. The van der Waals surface area contributed by atoms with Crippen molar-refractivity contribution in [2.45, 2.75) is 13.0 Å². The molecule has 0 aliphatic carbocycles. The number of fused-ring (bicyclic) bond motifs is 3. The van der Waals surface area contributed by atoms with Crippen molar-refractivity contribution in [3.05, 3.63) is 54.0 Å². The predicted octanol–water partition coefficient (Wildman–Crippen LogP) is 2.53. The first-order valence-corrected chi connectivity index (χ1v) is 6.78. The van der Waals surface area contributed by atoms with Crippen molar-refractivity contribution < 1.29 is 9.18 Å². The number of carbonyl (C=O) groups is 1. The average molecular weight is 284 g/mol. The molecule has 0 saturated heterocycles. The van der Waals surface area contributed by atoms with Gasteiger partial charge in [0.2, 0.25) is 0 Å². The van der Waals surface area contributed by atoms with Gasteiger partial charge in [-0.25, -0.2) is 14.2 Å². The zero-order chi connectivity index (χ0) is 14.4. The molecule has 3 aromatic rings. The standard InChI is InChI=1S/C15H13FN4O/c16-10-1-2-13-11(7-10)12-8-19(5-3-14(12)18-13)15(21)20-6-4-17-9-20/h1-2,4,6-7,9,18H,3,5,8H2. The molecule has 0 radical (unpaired) electrons. The van der Waals surface area contributed by atoms with Crippen molar-refractivity contribution >= 4 is 16.9 Å². The molecule has 1 N–H and O–H groups in total. The number of aromatic amines is 1. The monoisotopic (exact) mass is 284 g/mol. The number of carbonyl (C=O) groups excluding carboxylic acids is 1. The second-order valence-corrected chi connectivity index (χ2v) is 5.20. The Bertz CT molecular complexity index is 822. The van der Waals surface area contributed by atoms with E-state index in [1.165, 1.54) is 23.0 Å². The van der Waals surface area contributed by atoms with E-state index in [0.717, 1.165) is 28.6 Å². The molecule has 106 valence electrons. The summed E-state index contributed by atoms with van der Waals surface area (Å²) >= 11 is 0. The first kappa shape index (κ1) is 12.1.